The zero-order valence-corrected chi connectivity index (χ0v) is 23.3. The molecule has 2 saturated heterocycles. The summed E-state index contributed by atoms with van der Waals surface area (Å²) < 4.78 is 0. The van der Waals surface area contributed by atoms with Gasteiger partial charge in [-0.3, -0.25) is 29.3 Å². The Morgan fingerprint density at radius 1 is 1.05 bits per heavy atom. The topological polar surface area (TPSA) is 200 Å². The molecule has 2 heterocycles. The molecule has 0 unspecified atom stereocenters. The van der Waals surface area contributed by atoms with Crippen molar-refractivity contribution < 1.29 is 33.9 Å². The first-order valence-corrected chi connectivity index (χ1v) is 14.1. The van der Waals surface area contributed by atoms with E-state index in [4.69, 9.17) is 5.73 Å². The Bertz CT molecular complexity index is 1110. The molecule has 0 radical (unpaired) electrons. The molecule has 2 aliphatic heterocycles. The van der Waals surface area contributed by atoms with Crippen molar-refractivity contribution in [3.8, 4) is 0 Å². The van der Waals surface area contributed by atoms with Gasteiger partial charge in [-0.15, -0.1) is 0 Å². The predicted octanol–water partition coefficient (Wildman–Crippen LogP) is -1.16. The number of rotatable bonds is 14. The first-order chi connectivity index (χ1) is 19.6. The van der Waals surface area contributed by atoms with E-state index in [1.165, 1.54) is 11.8 Å². The normalized spacial score (nSPS) is 20.6. The number of carbonyl (C=O) groups is 6. The highest BCUT2D eigenvalue weighted by molar-refractivity contribution is 6.08. The number of hydrogen-bond acceptors (Lipinski definition) is 8. The van der Waals surface area contributed by atoms with Crippen LogP contribution in [0.3, 0.4) is 0 Å². The minimum absolute atomic E-state index is 0.104. The fourth-order valence-electron chi connectivity index (χ4n) is 5.10. The lowest BCUT2D eigenvalue weighted by Crippen LogP contribution is -2.58. The number of carbonyl (C=O) groups excluding carboxylic acids is 5. The summed E-state index contributed by atoms with van der Waals surface area (Å²) in [5.74, 6) is -3.72. The molecule has 2 fully saturated rings. The van der Waals surface area contributed by atoms with E-state index in [0.29, 0.717) is 38.8 Å². The molecular formula is C28H40N6O7. The van der Waals surface area contributed by atoms with Crippen LogP contribution in [0.4, 0.5) is 0 Å². The van der Waals surface area contributed by atoms with E-state index in [0.717, 1.165) is 5.56 Å². The van der Waals surface area contributed by atoms with Crippen LogP contribution in [-0.4, -0.2) is 95.2 Å². The van der Waals surface area contributed by atoms with Crippen molar-refractivity contribution >= 4 is 35.4 Å². The molecule has 41 heavy (non-hydrogen) atoms. The van der Waals surface area contributed by atoms with Crippen molar-refractivity contribution in [2.24, 2.45) is 5.73 Å². The molecule has 5 atom stereocenters. The van der Waals surface area contributed by atoms with Crippen molar-refractivity contribution in [2.45, 2.75) is 82.1 Å². The summed E-state index contributed by atoms with van der Waals surface area (Å²) in [5.41, 5.74) is 6.35. The van der Waals surface area contributed by atoms with Gasteiger partial charge in [-0.1, -0.05) is 30.3 Å². The molecule has 7 N–H and O–H groups in total. The maximum absolute atomic E-state index is 13.4. The fraction of sp³-hybridized carbons (Fsp3) is 0.571. The second-order valence-corrected chi connectivity index (χ2v) is 10.5. The third-order valence-corrected chi connectivity index (χ3v) is 7.35. The first-order valence-electron chi connectivity index (χ1n) is 14.1. The van der Waals surface area contributed by atoms with E-state index in [9.17, 15) is 33.9 Å². The smallest absolute Gasteiger partial charge is 0.326 e. The minimum atomic E-state index is -1.10. The molecule has 1 aromatic rings. The molecule has 0 aliphatic carbocycles. The van der Waals surface area contributed by atoms with Gasteiger partial charge in [0.05, 0.1) is 0 Å². The Balaban J connectivity index is 1.74. The van der Waals surface area contributed by atoms with Crippen molar-refractivity contribution in [3.05, 3.63) is 35.9 Å². The Kier molecular flexibility index (Phi) is 11.8. The number of benzene rings is 1. The molecule has 2 aliphatic rings. The zero-order valence-electron chi connectivity index (χ0n) is 23.3. The third kappa shape index (κ3) is 8.82. The lowest BCUT2D eigenvalue weighted by atomic mass is 10.0. The number of Topliss-reactive ketones (excluding diaryl/α,β-unsaturated/α-hetero) is 1. The molecule has 0 aromatic heterocycles. The van der Waals surface area contributed by atoms with Crippen LogP contribution in [0.25, 0.3) is 0 Å². The number of amides is 4. The molecule has 13 heteroatoms. The fourth-order valence-corrected chi connectivity index (χ4v) is 5.10. The van der Waals surface area contributed by atoms with Crippen molar-refractivity contribution in [3.63, 3.8) is 0 Å². The number of hydrogen-bond donors (Lipinski definition) is 6. The van der Waals surface area contributed by atoms with Gasteiger partial charge in [-0.05, 0) is 51.1 Å². The van der Waals surface area contributed by atoms with E-state index in [1.54, 1.807) is 24.3 Å². The third-order valence-electron chi connectivity index (χ3n) is 7.35. The second-order valence-electron chi connectivity index (χ2n) is 10.5. The highest BCUT2D eigenvalue weighted by Gasteiger charge is 2.37. The maximum atomic E-state index is 13.4. The van der Waals surface area contributed by atoms with Crippen molar-refractivity contribution in [1.29, 1.82) is 0 Å². The van der Waals surface area contributed by atoms with Gasteiger partial charge >= 0.3 is 5.97 Å². The van der Waals surface area contributed by atoms with Crippen LogP contribution in [0.1, 0.15) is 51.0 Å². The summed E-state index contributed by atoms with van der Waals surface area (Å²) in [4.78, 5) is 77.5. The monoisotopic (exact) mass is 572 g/mol. The van der Waals surface area contributed by atoms with Crippen LogP contribution < -0.4 is 27.0 Å². The van der Waals surface area contributed by atoms with Crippen LogP contribution in [-0.2, 0) is 35.2 Å². The Hall–Kier alpha value is -3.84. The van der Waals surface area contributed by atoms with Crippen molar-refractivity contribution in [1.82, 2.24) is 26.2 Å². The molecule has 13 nitrogen and oxygen atoms in total. The lowest BCUT2D eigenvalue weighted by molar-refractivity contribution is -0.149. The van der Waals surface area contributed by atoms with Crippen molar-refractivity contribution in [2.75, 3.05) is 19.6 Å². The second kappa shape index (κ2) is 15.2. The van der Waals surface area contributed by atoms with Gasteiger partial charge in [0, 0.05) is 25.9 Å². The van der Waals surface area contributed by atoms with Gasteiger partial charge in [-0.2, -0.15) is 0 Å². The van der Waals surface area contributed by atoms with E-state index in [-0.39, 0.29) is 31.6 Å². The number of nitrogens with zero attached hydrogens (tertiary/aromatic N) is 1. The Labute approximate surface area is 239 Å². The highest BCUT2D eigenvalue weighted by atomic mass is 16.4. The summed E-state index contributed by atoms with van der Waals surface area (Å²) in [6.45, 7) is 2.53. The van der Waals surface area contributed by atoms with Gasteiger partial charge in [0.25, 0.3) is 0 Å². The molecule has 224 valence electrons. The standard InChI is InChI=1S/C28H40N6O7/c1-17(27(39)34-15-7-11-21(34)28(40)41)31-25(37)20(16-18-8-3-2-4-9-18)33-24(36)19(10-5-6-13-29)32-26(38)23-22(35)12-14-30-23/h2-4,8-9,17,19-21,23,30H,5-7,10-16,29H2,1H3,(H,31,37)(H,32,38)(H,33,36)(H,40,41)/t17-,19-,20-,21+,23+/m0/s1. The molecule has 0 spiro atoms. The maximum Gasteiger partial charge on any atom is 0.326 e. The van der Waals surface area contributed by atoms with Crippen LogP contribution in [0.5, 0.6) is 0 Å². The lowest BCUT2D eigenvalue weighted by Gasteiger charge is -2.28. The summed E-state index contributed by atoms with van der Waals surface area (Å²) in [5, 5.41) is 20.3. The van der Waals surface area contributed by atoms with Gasteiger partial charge in [-0.25, -0.2) is 4.79 Å². The summed E-state index contributed by atoms with van der Waals surface area (Å²) in [6.07, 6.45) is 2.61. The average Bonchev–Trinajstić information content (AvgIpc) is 3.61. The Morgan fingerprint density at radius 3 is 2.39 bits per heavy atom. The van der Waals surface area contributed by atoms with Crippen LogP contribution in [0.15, 0.2) is 30.3 Å². The van der Waals surface area contributed by atoms with Gasteiger partial charge in [0.15, 0.2) is 5.78 Å². The zero-order chi connectivity index (χ0) is 29.9. The van der Waals surface area contributed by atoms with E-state index >= 15 is 0 Å². The van der Waals surface area contributed by atoms with E-state index < -0.39 is 59.8 Å². The predicted molar refractivity (Wildman–Crippen MR) is 148 cm³/mol. The molecule has 0 saturated carbocycles. The van der Waals surface area contributed by atoms with Crippen LogP contribution in [0, 0.1) is 0 Å². The van der Waals surface area contributed by atoms with Gasteiger partial charge < -0.3 is 31.7 Å². The number of likely N-dealkylation sites (tertiary alicyclic amines) is 1. The number of carboxylic acid groups (broad SMARTS) is 1. The molecule has 3 rings (SSSR count). The average molecular weight is 573 g/mol. The molecule has 4 amide bonds. The van der Waals surface area contributed by atoms with Gasteiger partial charge in [0.2, 0.25) is 23.6 Å². The van der Waals surface area contributed by atoms with Crippen LogP contribution in [0.2, 0.25) is 0 Å². The van der Waals surface area contributed by atoms with Gasteiger partial charge in [0.1, 0.15) is 30.2 Å². The number of nitrogens with two attached hydrogens (primary N) is 1. The number of nitrogens with one attached hydrogen (secondary N) is 4. The number of aliphatic carboxylic acids is 1. The largest absolute Gasteiger partial charge is 0.480 e. The molecular weight excluding hydrogens is 532 g/mol. The number of carboxylic acids is 1. The first kappa shape index (κ1) is 31.7. The molecule has 1 aromatic carbocycles. The minimum Gasteiger partial charge on any atom is -0.480 e. The highest BCUT2D eigenvalue weighted by Crippen LogP contribution is 2.18. The quantitative estimate of drug-likeness (QED) is 0.117. The van der Waals surface area contributed by atoms with E-state index in [1.807, 2.05) is 6.07 Å². The van der Waals surface area contributed by atoms with Crippen LogP contribution >= 0.6 is 0 Å². The Morgan fingerprint density at radius 2 is 1.76 bits per heavy atom. The molecule has 0 bridgehead atoms. The number of unbranched alkanes of at least 4 members (excludes halogenated alkanes) is 1. The summed E-state index contributed by atoms with van der Waals surface area (Å²) >= 11 is 0. The summed E-state index contributed by atoms with van der Waals surface area (Å²) in [7, 11) is 0. The van der Waals surface area contributed by atoms with E-state index in [2.05, 4.69) is 21.3 Å². The SMILES string of the molecule is C[C@H](NC(=O)[C@H](Cc1ccccc1)NC(=O)[C@H](CCCCN)NC(=O)[C@@H]1NCCC1=O)C(=O)N1CCC[C@@H]1C(=O)O. The summed E-state index contributed by atoms with van der Waals surface area (Å²) in [6, 6.07) is 3.85. The number of ketones is 1.